The zero-order valence-corrected chi connectivity index (χ0v) is 6.81. The fraction of sp³-hybridized carbons (Fsp3) is 0.667. The Morgan fingerprint density at radius 3 is 2.45 bits per heavy atom. The van der Waals surface area contributed by atoms with Crippen LogP contribution in [-0.4, -0.2) is 5.91 Å². The van der Waals surface area contributed by atoms with Crippen LogP contribution in [-0.2, 0) is 4.79 Å². The summed E-state index contributed by atoms with van der Waals surface area (Å²) in [5.41, 5.74) is 5.10. The van der Waals surface area contributed by atoms with Gasteiger partial charge in [-0.2, -0.15) is 0 Å². The van der Waals surface area contributed by atoms with Crippen molar-refractivity contribution in [2.24, 2.45) is 11.1 Å². The molecular weight excluding hydrogens is 138 g/mol. The molecule has 1 saturated carbocycles. The number of primary amides is 1. The molecule has 1 amide bonds. The van der Waals surface area contributed by atoms with Gasteiger partial charge < -0.3 is 5.73 Å². The van der Waals surface area contributed by atoms with Gasteiger partial charge in [-0.25, -0.2) is 0 Å². The molecule has 0 spiro atoms. The molecule has 0 heterocycles. The standard InChI is InChI=1S/C9H15NO/c1-2-5-9(8(10)11)6-3-4-7-9/h2H,1,3-7H2,(H2,10,11). The fourth-order valence-corrected chi connectivity index (χ4v) is 1.88. The molecule has 1 aliphatic carbocycles. The SMILES string of the molecule is C=CCC1(C(N)=O)CCCC1. The molecule has 1 rings (SSSR count). The van der Waals surface area contributed by atoms with Gasteiger partial charge in [0, 0.05) is 0 Å². The fourth-order valence-electron chi connectivity index (χ4n) is 1.88. The molecule has 0 aromatic rings. The number of carbonyl (C=O) groups is 1. The second-order valence-corrected chi connectivity index (χ2v) is 3.34. The lowest BCUT2D eigenvalue weighted by molar-refractivity contribution is -0.127. The molecule has 0 aromatic carbocycles. The molecule has 0 unspecified atom stereocenters. The van der Waals surface area contributed by atoms with Crippen molar-refractivity contribution in [2.75, 3.05) is 0 Å². The minimum absolute atomic E-state index is 0.144. The van der Waals surface area contributed by atoms with Crippen LogP contribution in [0.15, 0.2) is 12.7 Å². The van der Waals surface area contributed by atoms with Gasteiger partial charge in [0.1, 0.15) is 0 Å². The minimum atomic E-state index is -0.234. The lowest BCUT2D eigenvalue weighted by Gasteiger charge is -2.22. The van der Waals surface area contributed by atoms with Crippen LogP contribution in [0.25, 0.3) is 0 Å². The van der Waals surface area contributed by atoms with Crippen LogP contribution in [0.1, 0.15) is 32.1 Å². The number of hydrogen-bond donors (Lipinski definition) is 1. The topological polar surface area (TPSA) is 43.1 Å². The van der Waals surface area contributed by atoms with Gasteiger partial charge in [-0.05, 0) is 19.3 Å². The molecule has 2 N–H and O–H groups in total. The number of carbonyl (C=O) groups excluding carboxylic acids is 1. The Balaban J connectivity index is 2.69. The van der Waals surface area contributed by atoms with Crippen LogP contribution in [0.5, 0.6) is 0 Å². The molecule has 2 nitrogen and oxygen atoms in total. The summed E-state index contributed by atoms with van der Waals surface area (Å²) in [5.74, 6) is -0.144. The van der Waals surface area contributed by atoms with E-state index in [1.54, 1.807) is 6.08 Å². The van der Waals surface area contributed by atoms with E-state index in [0.29, 0.717) is 0 Å². The Morgan fingerprint density at radius 1 is 1.55 bits per heavy atom. The van der Waals surface area contributed by atoms with Gasteiger partial charge in [0.2, 0.25) is 5.91 Å². The Bertz CT molecular complexity index is 168. The van der Waals surface area contributed by atoms with Crippen molar-refractivity contribution in [2.45, 2.75) is 32.1 Å². The average Bonchev–Trinajstić information content (AvgIpc) is 2.38. The quantitative estimate of drug-likeness (QED) is 0.615. The smallest absolute Gasteiger partial charge is 0.223 e. The highest BCUT2D eigenvalue weighted by Gasteiger charge is 2.37. The number of nitrogens with two attached hydrogens (primary N) is 1. The normalized spacial score (nSPS) is 21.5. The molecule has 0 saturated heterocycles. The Labute approximate surface area is 67.5 Å². The third-order valence-electron chi connectivity index (χ3n) is 2.62. The van der Waals surface area contributed by atoms with E-state index < -0.39 is 0 Å². The maximum Gasteiger partial charge on any atom is 0.223 e. The summed E-state index contributed by atoms with van der Waals surface area (Å²) in [6, 6.07) is 0. The van der Waals surface area contributed by atoms with E-state index in [-0.39, 0.29) is 11.3 Å². The van der Waals surface area contributed by atoms with Gasteiger partial charge in [-0.15, -0.1) is 6.58 Å². The summed E-state index contributed by atoms with van der Waals surface area (Å²) in [5, 5.41) is 0. The van der Waals surface area contributed by atoms with E-state index in [1.807, 2.05) is 0 Å². The van der Waals surface area contributed by atoms with Gasteiger partial charge in [-0.3, -0.25) is 4.79 Å². The van der Waals surface area contributed by atoms with Gasteiger partial charge in [-0.1, -0.05) is 18.9 Å². The largest absolute Gasteiger partial charge is 0.369 e. The first kappa shape index (κ1) is 8.31. The Kier molecular flexibility index (Phi) is 2.32. The van der Waals surface area contributed by atoms with Crippen LogP contribution in [0.3, 0.4) is 0 Å². The highest BCUT2D eigenvalue weighted by atomic mass is 16.1. The zero-order chi connectivity index (χ0) is 8.32. The summed E-state index contributed by atoms with van der Waals surface area (Å²) < 4.78 is 0. The van der Waals surface area contributed by atoms with E-state index >= 15 is 0 Å². The number of rotatable bonds is 3. The second kappa shape index (κ2) is 3.07. The Hall–Kier alpha value is -0.790. The summed E-state index contributed by atoms with van der Waals surface area (Å²) in [4.78, 5) is 11.1. The highest BCUT2D eigenvalue weighted by molar-refractivity contribution is 5.81. The van der Waals surface area contributed by atoms with Gasteiger partial charge in [0.15, 0.2) is 0 Å². The van der Waals surface area contributed by atoms with Crippen LogP contribution in [0.4, 0.5) is 0 Å². The van der Waals surface area contributed by atoms with Crippen LogP contribution < -0.4 is 5.73 Å². The zero-order valence-electron chi connectivity index (χ0n) is 6.81. The van der Waals surface area contributed by atoms with Crippen molar-refractivity contribution in [3.8, 4) is 0 Å². The van der Waals surface area contributed by atoms with Gasteiger partial charge in [0.05, 0.1) is 5.41 Å². The van der Waals surface area contributed by atoms with Crippen molar-refractivity contribution >= 4 is 5.91 Å². The number of amides is 1. The second-order valence-electron chi connectivity index (χ2n) is 3.34. The molecule has 0 radical (unpaired) electrons. The van der Waals surface area contributed by atoms with Gasteiger partial charge in [0.25, 0.3) is 0 Å². The lowest BCUT2D eigenvalue weighted by atomic mass is 9.82. The summed E-state index contributed by atoms with van der Waals surface area (Å²) >= 11 is 0. The molecule has 11 heavy (non-hydrogen) atoms. The first-order valence-corrected chi connectivity index (χ1v) is 4.12. The molecule has 0 aliphatic heterocycles. The molecule has 0 bridgehead atoms. The molecular formula is C9H15NO. The predicted octanol–water partition coefficient (Wildman–Crippen LogP) is 1.61. The Morgan fingerprint density at radius 2 is 2.09 bits per heavy atom. The summed E-state index contributed by atoms with van der Waals surface area (Å²) in [7, 11) is 0. The number of allylic oxidation sites excluding steroid dienone is 1. The van der Waals surface area contributed by atoms with E-state index in [0.717, 1.165) is 32.1 Å². The predicted molar refractivity (Wildman–Crippen MR) is 44.9 cm³/mol. The van der Waals surface area contributed by atoms with Crippen LogP contribution >= 0.6 is 0 Å². The monoisotopic (exact) mass is 153 g/mol. The van der Waals surface area contributed by atoms with E-state index in [2.05, 4.69) is 6.58 Å². The molecule has 0 aromatic heterocycles. The maximum absolute atomic E-state index is 11.1. The molecule has 2 heteroatoms. The first-order chi connectivity index (χ1) is 5.21. The highest BCUT2D eigenvalue weighted by Crippen LogP contribution is 2.40. The third kappa shape index (κ3) is 1.44. The number of hydrogen-bond acceptors (Lipinski definition) is 1. The summed E-state index contributed by atoms with van der Waals surface area (Å²) in [6.45, 7) is 3.64. The summed E-state index contributed by atoms with van der Waals surface area (Å²) in [6.07, 6.45) is 6.73. The van der Waals surface area contributed by atoms with Crippen molar-refractivity contribution in [1.82, 2.24) is 0 Å². The van der Waals surface area contributed by atoms with Crippen molar-refractivity contribution in [3.63, 3.8) is 0 Å². The van der Waals surface area contributed by atoms with Crippen LogP contribution in [0.2, 0.25) is 0 Å². The van der Waals surface area contributed by atoms with E-state index in [4.69, 9.17) is 5.73 Å². The van der Waals surface area contributed by atoms with Gasteiger partial charge >= 0.3 is 0 Å². The average molecular weight is 153 g/mol. The minimum Gasteiger partial charge on any atom is -0.369 e. The van der Waals surface area contributed by atoms with Crippen LogP contribution in [0, 0.1) is 5.41 Å². The van der Waals surface area contributed by atoms with E-state index in [1.165, 1.54) is 0 Å². The van der Waals surface area contributed by atoms with Crippen molar-refractivity contribution < 1.29 is 4.79 Å². The molecule has 62 valence electrons. The molecule has 1 aliphatic rings. The van der Waals surface area contributed by atoms with Crippen molar-refractivity contribution in [1.29, 1.82) is 0 Å². The molecule has 0 atom stereocenters. The van der Waals surface area contributed by atoms with E-state index in [9.17, 15) is 4.79 Å². The molecule has 1 fully saturated rings. The third-order valence-corrected chi connectivity index (χ3v) is 2.62. The van der Waals surface area contributed by atoms with Crippen molar-refractivity contribution in [3.05, 3.63) is 12.7 Å². The lowest BCUT2D eigenvalue weighted by Crippen LogP contribution is -2.33. The maximum atomic E-state index is 11.1. The first-order valence-electron chi connectivity index (χ1n) is 4.12.